The summed E-state index contributed by atoms with van der Waals surface area (Å²) < 4.78 is 47.0. The first-order valence-electron chi connectivity index (χ1n) is 24.9. The SMILES string of the molecule is Cc1ncsc1-c1ccc([C@H](C)NC(=O)[C@@H]2CCCN2C(=O)[C@@H](NC(=O)CN2CCN(CCCc3ccc(C(=O)NC4C(C)(C)C(Oc5ccc(C#N)c(C(F)(F)F)c5)C4(C)C)cc3)CC2)C(C)(C)C)cc1. The zero-order valence-electron chi connectivity index (χ0n) is 42.9. The Balaban J connectivity index is 0.828. The molecule has 1 aromatic heterocycles. The Morgan fingerprint density at radius 3 is 2.15 bits per heavy atom. The van der Waals surface area contributed by atoms with Gasteiger partial charge < -0.3 is 30.5 Å². The van der Waals surface area contributed by atoms with Crippen molar-refractivity contribution in [3.63, 3.8) is 0 Å². The van der Waals surface area contributed by atoms with Crippen LogP contribution in [0.2, 0.25) is 0 Å². The molecule has 4 amide bonds. The minimum Gasteiger partial charge on any atom is -0.489 e. The van der Waals surface area contributed by atoms with Crippen molar-refractivity contribution in [2.45, 2.75) is 124 Å². The highest BCUT2D eigenvalue weighted by Crippen LogP contribution is 2.56. The average Bonchev–Trinajstić information content (AvgIpc) is 4.01. The van der Waals surface area contributed by atoms with Crippen LogP contribution >= 0.6 is 11.3 Å². The first-order chi connectivity index (χ1) is 33.9. The number of ether oxygens (including phenoxy) is 1. The summed E-state index contributed by atoms with van der Waals surface area (Å²) in [5.41, 5.74) is 3.12. The van der Waals surface area contributed by atoms with Gasteiger partial charge in [0.25, 0.3) is 5.91 Å². The van der Waals surface area contributed by atoms with E-state index in [1.54, 1.807) is 22.3 Å². The number of carbonyl (C=O) groups excluding carboxylic acids is 4. The number of benzene rings is 3. The van der Waals surface area contributed by atoms with E-state index in [0.717, 1.165) is 71.9 Å². The standard InChI is InChI=1S/C55H69F3N8O5S/c1-34(37-18-20-38(21-19-37)45-35(2)60-33-72-45)61-48(69)43-13-11-25-66(43)49(70)46(52(3,4)5)62-44(67)32-65-28-26-64(27-29-65)24-10-12-36-14-16-39(17-15-36)47(68)63-50-53(6,7)51(54(50,8)9)71-41-23-22-40(31-59)42(30-41)55(56,57)58/h14-23,30,33-34,43,46,50-51H,10-13,24-29,32H2,1-9H3,(H,61,69)(H,62,67)(H,63,68)/t34-,43-,46+,50?,51?/m0/s1. The second-order valence-electron chi connectivity index (χ2n) is 22.0. The van der Waals surface area contributed by atoms with Crippen LogP contribution < -0.4 is 20.7 Å². The van der Waals surface area contributed by atoms with Crippen LogP contribution in [-0.2, 0) is 27.0 Å². The van der Waals surface area contributed by atoms with Gasteiger partial charge >= 0.3 is 6.18 Å². The molecule has 7 rings (SSSR count). The highest BCUT2D eigenvalue weighted by atomic mass is 32.1. The summed E-state index contributed by atoms with van der Waals surface area (Å²) in [6, 6.07) is 18.6. The van der Waals surface area contributed by atoms with Crippen molar-refractivity contribution in [3.8, 4) is 22.3 Å². The maximum absolute atomic E-state index is 14.2. The molecule has 1 aliphatic carbocycles. The number of aromatic nitrogens is 1. The topological polar surface area (TPSA) is 160 Å². The fraction of sp³-hybridized carbons (Fsp3) is 0.527. The molecule has 4 aromatic rings. The largest absolute Gasteiger partial charge is 0.489 e. The van der Waals surface area contributed by atoms with E-state index in [2.05, 4.69) is 30.7 Å². The molecule has 3 atom stereocenters. The summed E-state index contributed by atoms with van der Waals surface area (Å²) in [5, 5.41) is 18.5. The lowest BCUT2D eigenvalue weighted by atomic mass is 9.49. The van der Waals surface area contributed by atoms with Crippen molar-refractivity contribution in [3.05, 3.63) is 106 Å². The number of hydrogen-bond donors (Lipinski definition) is 3. The molecule has 3 aromatic carbocycles. The highest BCUT2D eigenvalue weighted by molar-refractivity contribution is 7.13. The number of alkyl halides is 3. The molecule has 0 spiro atoms. The monoisotopic (exact) mass is 1010 g/mol. The molecular weight excluding hydrogens is 942 g/mol. The van der Waals surface area contributed by atoms with Crippen LogP contribution in [0, 0.1) is 34.5 Å². The van der Waals surface area contributed by atoms with Crippen molar-refractivity contribution in [2.75, 3.05) is 45.8 Å². The predicted molar refractivity (Wildman–Crippen MR) is 272 cm³/mol. The zero-order chi connectivity index (χ0) is 52.3. The second kappa shape index (κ2) is 21.7. The Hall–Kier alpha value is -5.83. The number of rotatable bonds is 16. The highest BCUT2D eigenvalue weighted by Gasteiger charge is 2.64. The molecule has 3 fully saturated rings. The Morgan fingerprint density at radius 1 is 0.903 bits per heavy atom. The van der Waals surface area contributed by atoms with Crippen LogP contribution in [-0.4, -0.2) is 113 Å². The van der Waals surface area contributed by atoms with Gasteiger partial charge in [0.15, 0.2) is 0 Å². The number of hydrogen-bond acceptors (Lipinski definition) is 10. The van der Waals surface area contributed by atoms with Gasteiger partial charge in [0.1, 0.15) is 23.9 Å². The summed E-state index contributed by atoms with van der Waals surface area (Å²) in [6.45, 7) is 21.9. The smallest absolute Gasteiger partial charge is 0.417 e. The summed E-state index contributed by atoms with van der Waals surface area (Å²) in [6.07, 6.45) is -2.23. The average molecular weight is 1010 g/mol. The Labute approximate surface area is 425 Å². The lowest BCUT2D eigenvalue weighted by Gasteiger charge is -2.63. The summed E-state index contributed by atoms with van der Waals surface area (Å²) in [5.74, 6) is -0.893. The minimum absolute atomic E-state index is 0.0137. The van der Waals surface area contributed by atoms with Crippen molar-refractivity contribution >= 4 is 35.0 Å². The summed E-state index contributed by atoms with van der Waals surface area (Å²) in [4.78, 5) is 66.6. The lowest BCUT2D eigenvalue weighted by Crippen LogP contribution is -2.74. The van der Waals surface area contributed by atoms with Crippen LogP contribution in [0.1, 0.15) is 119 Å². The molecule has 3 aliphatic rings. The fourth-order valence-electron chi connectivity index (χ4n) is 11.0. The molecule has 72 heavy (non-hydrogen) atoms. The van der Waals surface area contributed by atoms with Crippen molar-refractivity contribution in [2.24, 2.45) is 16.2 Å². The van der Waals surface area contributed by atoms with Gasteiger partial charge in [0.05, 0.1) is 45.9 Å². The van der Waals surface area contributed by atoms with Gasteiger partial charge in [0.2, 0.25) is 17.7 Å². The molecule has 2 saturated heterocycles. The third kappa shape index (κ3) is 12.2. The Morgan fingerprint density at radius 2 is 1.56 bits per heavy atom. The van der Waals surface area contributed by atoms with Gasteiger partial charge in [-0.05, 0) is 98.5 Å². The normalized spacial score (nSPS) is 20.9. The van der Waals surface area contributed by atoms with E-state index in [4.69, 9.17) is 4.74 Å². The van der Waals surface area contributed by atoms with Crippen LogP contribution in [0.25, 0.3) is 10.4 Å². The van der Waals surface area contributed by atoms with Gasteiger partial charge in [-0.1, -0.05) is 84.9 Å². The molecule has 3 heterocycles. The van der Waals surface area contributed by atoms with E-state index in [1.165, 1.54) is 6.07 Å². The maximum Gasteiger partial charge on any atom is 0.417 e. The van der Waals surface area contributed by atoms with E-state index in [-0.39, 0.29) is 48.0 Å². The molecule has 0 bridgehead atoms. The number of carbonyl (C=O) groups is 4. The molecule has 17 heteroatoms. The molecule has 1 saturated carbocycles. The summed E-state index contributed by atoms with van der Waals surface area (Å²) >= 11 is 1.59. The predicted octanol–water partition coefficient (Wildman–Crippen LogP) is 8.57. The number of aryl methyl sites for hydroxylation is 2. The lowest BCUT2D eigenvalue weighted by molar-refractivity contribution is -0.164. The Kier molecular flexibility index (Phi) is 16.3. The van der Waals surface area contributed by atoms with E-state index in [9.17, 15) is 37.6 Å². The van der Waals surface area contributed by atoms with E-state index in [1.807, 2.05) is 116 Å². The van der Waals surface area contributed by atoms with E-state index in [0.29, 0.717) is 38.0 Å². The molecule has 386 valence electrons. The number of likely N-dealkylation sites (tertiary alicyclic amines) is 1. The van der Waals surface area contributed by atoms with Crippen LogP contribution in [0.5, 0.6) is 5.75 Å². The van der Waals surface area contributed by atoms with Gasteiger partial charge in [-0.15, -0.1) is 11.3 Å². The van der Waals surface area contributed by atoms with E-state index < -0.39 is 51.7 Å². The first kappa shape index (κ1) is 54.0. The molecule has 0 unspecified atom stereocenters. The number of amides is 4. The molecule has 13 nitrogen and oxygen atoms in total. The van der Waals surface area contributed by atoms with Crippen LogP contribution in [0.4, 0.5) is 13.2 Å². The van der Waals surface area contributed by atoms with Gasteiger partial charge in [-0.2, -0.15) is 18.4 Å². The summed E-state index contributed by atoms with van der Waals surface area (Å²) in [7, 11) is 0. The number of nitrogens with one attached hydrogen (secondary N) is 3. The van der Waals surface area contributed by atoms with Gasteiger partial charge in [-0.25, -0.2) is 4.98 Å². The van der Waals surface area contributed by atoms with Gasteiger partial charge in [0, 0.05) is 55.2 Å². The van der Waals surface area contributed by atoms with Crippen LogP contribution in [0.15, 0.2) is 72.2 Å². The third-order valence-corrected chi connectivity index (χ3v) is 15.8. The van der Waals surface area contributed by atoms with Gasteiger partial charge in [-0.3, -0.25) is 24.1 Å². The maximum atomic E-state index is 14.2. The number of halogens is 3. The number of thiazole rings is 1. The van der Waals surface area contributed by atoms with Crippen molar-refractivity contribution in [1.82, 2.24) is 35.6 Å². The number of nitrogens with zero attached hydrogens (tertiary/aromatic N) is 5. The molecule has 2 aliphatic heterocycles. The van der Waals surface area contributed by atoms with Crippen molar-refractivity contribution in [1.29, 1.82) is 5.26 Å². The zero-order valence-corrected chi connectivity index (χ0v) is 43.7. The molecule has 3 N–H and O–H groups in total. The van der Waals surface area contributed by atoms with E-state index >= 15 is 0 Å². The molecule has 0 radical (unpaired) electrons. The third-order valence-electron chi connectivity index (χ3n) is 14.8. The first-order valence-corrected chi connectivity index (χ1v) is 25.8. The van der Waals surface area contributed by atoms with Crippen LogP contribution in [0.3, 0.4) is 0 Å². The second-order valence-corrected chi connectivity index (χ2v) is 22.8. The number of nitriles is 1. The molecular formula is C55H69F3N8O5S. The fourth-order valence-corrected chi connectivity index (χ4v) is 11.8. The number of piperazine rings is 1. The van der Waals surface area contributed by atoms with Crippen molar-refractivity contribution < 1.29 is 37.1 Å². The minimum atomic E-state index is -4.70. The Bertz CT molecular complexity index is 2610. The quantitative estimate of drug-likeness (QED) is 0.1000.